The molecule has 1 aliphatic rings. The zero-order valence-corrected chi connectivity index (χ0v) is 6.21. The van der Waals surface area contributed by atoms with E-state index in [1.807, 2.05) is 0 Å². The fourth-order valence-corrected chi connectivity index (χ4v) is 1.25. The summed E-state index contributed by atoms with van der Waals surface area (Å²) >= 11 is 0. The molecule has 0 radical (unpaired) electrons. The summed E-state index contributed by atoms with van der Waals surface area (Å²) in [4.78, 5) is 0. The second-order valence-corrected chi connectivity index (χ2v) is 2.66. The first-order valence-electron chi connectivity index (χ1n) is 3.92. The smallest absolute Gasteiger partial charge is 0.0556 e. The van der Waals surface area contributed by atoms with E-state index in [0.717, 1.165) is 13.0 Å². The van der Waals surface area contributed by atoms with Gasteiger partial charge in [0.2, 0.25) is 0 Å². The molecule has 0 aromatic heterocycles. The normalized spacial score (nSPS) is 25.1. The van der Waals surface area contributed by atoms with E-state index in [4.69, 9.17) is 5.11 Å². The van der Waals surface area contributed by atoms with E-state index in [-0.39, 0.29) is 6.61 Å². The van der Waals surface area contributed by atoms with Crippen LogP contribution in [0.25, 0.3) is 0 Å². The molecule has 58 valence electrons. The van der Waals surface area contributed by atoms with Crippen molar-refractivity contribution in [3.8, 4) is 0 Å². The molecule has 0 spiro atoms. The maximum absolute atomic E-state index is 8.52. The van der Waals surface area contributed by atoms with Gasteiger partial charge in [0.25, 0.3) is 0 Å². The molecule has 0 aromatic carbocycles. The Labute approximate surface area is 61.9 Å². The highest BCUT2D eigenvalue weighted by Crippen LogP contribution is 2.09. The van der Waals surface area contributed by atoms with Crippen LogP contribution >= 0.6 is 0 Å². The number of aliphatic hydroxyl groups excluding tert-OH is 1. The summed E-state index contributed by atoms with van der Waals surface area (Å²) in [6.07, 6.45) is 7.95. The first-order chi connectivity index (χ1) is 4.93. The molecular formula is C8H15NO. The molecule has 0 heterocycles. The Hall–Kier alpha value is -0.340. The zero-order chi connectivity index (χ0) is 7.23. The van der Waals surface area contributed by atoms with E-state index in [1.165, 1.54) is 12.8 Å². The molecule has 0 aliphatic heterocycles. The molecule has 2 heteroatoms. The van der Waals surface area contributed by atoms with Crippen molar-refractivity contribution in [1.82, 2.24) is 5.32 Å². The molecule has 0 bridgehead atoms. The average Bonchev–Trinajstić information content (AvgIpc) is 2.03. The fourth-order valence-electron chi connectivity index (χ4n) is 1.25. The van der Waals surface area contributed by atoms with E-state index in [0.29, 0.717) is 6.04 Å². The molecule has 1 aliphatic carbocycles. The minimum Gasteiger partial charge on any atom is -0.395 e. The van der Waals surface area contributed by atoms with Crippen molar-refractivity contribution < 1.29 is 5.11 Å². The summed E-state index contributed by atoms with van der Waals surface area (Å²) in [5.41, 5.74) is 0. The van der Waals surface area contributed by atoms with Gasteiger partial charge in [-0.3, -0.25) is 0 Å². The van der Waals surface area contributed by atoms with E-state index in [1.54, 1.807) is 0 Å². The average molecular weight is 141 g/mol. The Morgan fingerprint density at radius 2 is 2.40 bits per heavy atom. The predicted octanol–water partition coefficient (Wildman–Crippen LogP) is 0.677. The third-order valence-corrected chi connectivity index (χ3v) is 1.81. The van der Waals surface area contributed by atoms with Crippen molar-refractivity contribution in [2.24, 2.45) is 0 Å². The van der Waals surface area contributed by atoms with Gasteiger partial charge in [-0.15, -0.1) is 0 Å². The monoisotopic (exact) mass is 141 g/mol. The molecule has 0 saturated carbocycles. The van der Waals surface area contributed by atoms with Crippen LogP contribution < -0.4 is 5.32 Å². The number of allylic oxidation sites excluding steroid dienone is 1. The van der Waals surface area contributed by atoms with Crippen LogP contribution in [-0.2, 0) is 0 Å². The van der Waals surface area contributed by atoms with E-state index in [9.17, 15) is 0 Å². The summed E-state index contributed by atoms with van der Waals surface area (Å²) in [5, 5.41) is 11.8. The van der Waals surface area contributed by atoms with Crippen molar-refractivity contribution in [1.29, 1.82) is 0 Å². The quantitative estimate of drug-likeness (QED) is 0.566. The molecule has 1 rings (SSSR count). The molecule has 2 nitrogen and oxygen atoms in total. The van der Waals surface area contributed by atoms with Crippen LogP contribution in [0.4, 0.5) is 0 Å². The Morgan fingerprint density at radius 1 is 1.50 bits per heavy atom. The highest BCUT2D eigenvalue weighted by molar-refractivity contribution is 4.92. The van der Waals surface area contributed by atoms with Crippen LogP contribution in [0.1, 0.15) is 19.3 Å². The number of hydrogen-bond acceptors (Lipinski definition) is 2. The number of nitrogens with one attached hydrogen (secondary N) is 1. The molecule has 0 fully saturated rings. The molecule has 0 aromatic rings. The maximum atomic E-state index is 8.52. The molecule has 0 amide bonds. The Bertz CT molecular complexity index is 112. The van der Waals surface area contributed by atoms with Crippen LogP contribution in [-0.4, -0.2) is 24.3 Å². The largest absolute Gasteiger partial charge is 0.395 e. The topological polar surface area (TPSA) is 32.3 Å². The minimum atomic E-state index is 0.250. The summed E-state index contributed by atoms with van der Waals surface area (Å²) in [6, 6.07) is 0.608. The molecular weight excluding hydrogens is 126 g/mol. The lowest BCUT2D eigenvalue weighted by Gasteiger charge is -2.18. The summed E-state index contributed by atoms with van der Waals surface area (Å²) in [7, 11) is 0. The highest BCUT2D eigenvalue weighted by Gasteiger charge is 2.06. The van der Waals surface area contributed by atoms with Gasteiger partial charge in [-0.05, 0) is 19.3 Å². The summed E-state index contributed by atoms with van der Waals surface area (Å²) in [6.45, 7) is 0.985. The van der Waals surface area contributed by atoms with Gasteiger partial charge in [0, 0.05) is 12.6 Å². The number of hydrogen-bond donors (Lipinski definition) is 2. The highest BCUT2D eigenvalue weighted by atomic mass is 16.3. The maximum Gasteiger partial charge on any atom is 0.0556 e. The van der Waals surface area contributed by atoms with Crippen LogP contribution in [0.5, 0.6) is 0 Å². The molecule has 2 N–H and O–H groups in total. The van der Waals surface area contributed by atoms with E-state index < -0.39 is 0 Å². The van der Waals surface area contributed by atoms with Crippen LogP contribution in [0.15, 0.2) is 12.2 Å². The lowest BCUT2D eigenvalue weighted by atomic mass is 10.0. The van der Waals surface area contributed by atoms with Crippen LogP contribution in [0.3, 0.4) is 0 Å². The Kier molecular flexibility index (Phi) is 3.47. The third kappa shape index (κ3) is 2.50. The Balaban J connectivity index is 2.10. The zero-order valence-electron chi connectivity index (χ0n) is 6.21. The van der Waals surface area contributed by atoms with Gasteiger partial charge in [-0.25, -0.2) is 0 Å². The van der Waals surface area contributed by atoms with Gasteiger partial charge in [-0.1, -0.05) is 12.2 Å². The fraction of sp³-hybridized carbons (Fsp3) is 0.750. The molecule has 1 unspecified atom stereocenters. The lowest BCUT2D eigenvalue weighted by molar-refractivity contribution is 0.281. The van der Waals surface area contributed by atoms with Gasteiger partial charge in [0.05, 0.1) is 6.61 Å². The minimum absolute atomic E-state index is 0.250. The van der Waals surface area contributed by atoms with Crippen LogP contribution in [0.2, 0.25) is 0 Å². The standard InChI is InChI=1S/C8H15NO/c10-7-6-9-8-4-2-1-3-5-8/h1-2,8-10H,3-7H2. The van der Waals surface area contributed by atoms with Gasteiger partial charge >= 0.3 is 0 Å². The number of aliphatic hydroxyl groups is 1. The molecule has 1 atom stereocenters. The third-order valence-electron chi connectivity index (χ3n) is 1.81. The SMILES string of the molecule is OCCNC1CC=CCC1. The van der Waals surface area contributed by atoms with Crippen molar-refractivity contribution in [2.75, 3.05) is 13.2 Å². The second kappa shape index (κ2) is 4.47. The van der Waals surface area contributed by atoms with Crippen molar-refractivity contribution >= 4 is 0 Å². The summed E-state index contributed by atoms with van der Waals surface area (Å²) in [5.74, 6) is 0. The molecule has 10 heavy (non-hydrogen) atoms. The first kappa shape index (κ1) is 7.76. The van der Waals surface area contributed by atoms with Crippen molar-refractivity contribution in [3.05, 3.63) is 12.2 Å². The van der Waals surface area contributed by atoms with Gasteiger partial charge in [0.15, 0.2) is 0 Å². The lowest BCUT2D eigenvalue weighted by Crippen LogP contribution is -2.31. The summed E-state index contributed by atoms with van der Waals surface area (Å²) < 4.78 is 0. The van der Waals surface area contributed by atoms with Gasteiger partial charge < -0.3 is 10.4 Å². The van der Waals surface area contributed by atoms with E-state index >= 15 is 0 Å². The van der Waals surface area contributed by atoms with Gasteiger partial charge in [0.1, 0.15) is 0 Å². The molecule has 0 saturated heterocycles. The Morgan fingerprint density at radius 3 is 3.00 bits per heavy atom. The van der Waals surface area contributed by atoms with E-state index in [2.05, 4.69) is 17.5 Å². The van der Waals surface area contributed by atoms with Crippen molar-refractivity contribution in [2.45, 2.75) is 25.3 Å². The van der Waals surface area contributed by atoms with Crippen molar-refractivity contribution in [3.63, 3.8) is 0 Å². The van der Waals surface area contributed by atoms with Gasteiger partial charge in [-0.2, -0.15) is 0 Å². The predicted molar refractivity (Wildman–Crippen MR) is 41.9 cm³/mol. The number of rotatable bonds is 3. The van der Waals surface area contributed by atoms with Crippen LogP contribution in [0, 0.1) is 0 Å². The first-order valence-corrected chi connectivity index (χ1v) is 3.92. The second-order valence-electron chi connectivity index (χ2n) is 2.66.